The summed E-state index contributed by atoms with van der Waals surface area (Å²) in [6.45, 7) is 0.505. The monoisotopic (exact) mass is 441 g/mol. The van der Waals surface area contributed by atoms with E-state index in [1.807, 2.05) is 6.07 Å². The number of carbonyl (C=O) groups excluding carboxylic acids is 1. The first kappa shape index (κ1) is 20.9. The number of thiazole rings is 1. The van der Waals surface area contributed by atoms with Crippen LogP contribution >= 0.6 is 34.7 Å². The maximum Gasteiger partial charge on any atom is 0.355 e. The zero-order chi connectivity index (χ0) is 20.3. The Morgan fingerprint density at radius 3 is 3.04 bits per heavy atom. The highest BCUT2D eigenvalue weighted by atomic mass is 35.5. The molecule has 7 nitrogen and oxygen atoms in total. The molecule has 1 aliphatic rings. The second kappa shape index (κ2) is 9.13. The van der Waals surface area contributed by atoms with Gasteiger partial charge in [0, 0.05) is 29.1 Å². The highest BCUT2D eigenvalue weighted by Crippen LogP contribution is 2.34. The molecular weight excluding hydrogens is 422 g/mol. The van der Waals surface area contributed by atoms with Crippen molar-refractivity contribution in [2.24, 2.45) is 5.73 Å². The molecule has 28 heavy (non-hydrogen) atoms. The quantitative estimate of drug-likeness (QED) is 0.605. The van der Waals surface area contributed by atoms with Crippen LogP contribution < -0.4 is 10.5 Å². The van der Waals surface area contributed by atoms with Gasteiger partial charge in [0.05, 0.1) is 19.2 Å². The van der Waals surface area contributed by atoms with E-state index in [1.54, 1.807) is 24.1 Å². The first-order valence-corrected chi connectivity index (χ1v) is 10.8. The van der Waals surface area contributed by atoms with Crippen molar-refractivity contribution in [2.45, 2.75) is 29.3 Å². The number of carbonyl (C=O) groups is 2. The van der Waals surface area contributed by atoms with Gasteiger partial charge in [0.2, 0.25) is 5.91 Å². The van der Waals surface area contributed by atoms with E-state index < -0.39 is 12.0 Å². The molecule has 3 N–H and O–H groups in total. The molecular formula is C18H20ClN3O4S2. The van der Waals surface area contributed by atoms with E-state index >= 15 is 0 Å². The van der Waals surface area contributed by atoms with E-state index in [-0.39, 0.29) is 17.6 Å². The summed E-state index contributed by atoms with van der Waals surface area (Å²) in [5.74, 6) is 0.289. The number of hydrogen-bond donors (Lipinski definition) is 2. The first-order valence-electron chi connectivity index (χ1n) is 8.60. The Labute approximate surface area is 175 Å². The topological polar surface area (TPSA) is 106 Å². The Morgan fingerprint density at radius 2 is 2.36 bits per heavy atom. The summed E-state index contributed by atoms with van der Waals surface area (Å²) in [6.07, 6.45) is 1.11. The number of amides is 1. The molecule has 0 saturated carbocycles. The number of methoxy groups -OCH3 is 1. The maximum absolute atomic E-state index is 12.4. The van der Waals surface area contributed by atoms with E-state index in [2.05, 4.69) is 4.98 Å². The zero-order valence-corrected chi connectivity index (χ0v) is 17.5. The van der Waals surface area contributed by atoms with Crippen molar-refractivity contribution in [3.05, 3.63) is 39.9 Å². The van der Waals surface area contributed by atoms with E-state index in [0.717, 1.165) is 5.56 Å². The van der Waals surface area contributed by atoms with Gasteiger partial charge in [-0.15, -0.1) is 11.3 Å². The fourth-order valence-electron chi connectivity index (χ4n) is 3.18. The van der Waals surface area contributed by atoms with Gasteiger partial charge in [-0.25, -0.2) is 9.78 Å². The first-order chi connectivity index (χ1) is 13.4. The molecule has 1 aromatic carbocycles. The van der Waals surface area contributed by atoms with Crippen LogP contribution in [0.3, 0.4) is 0 Å². The fourth-order valence-corrected chi connectivity index (χ4v) is 5.24. The van der Waals surface area contributed by atoms with E-state index in [9.17, 15) is 9.59 Å². The Bertz CT molecular complexity index is 876. The van der Waals surface area contributed by atoms with Crippen molar-refractivity contribution in [3.63, 3.8) is 0 Å². The van der Waals surface area contributed by atoms with Gasteiger partial charge in [-0.3, -0.25) is 4.79 Å². The summed E-state index contributed by atoms with van der Waals surface area (Å²) < 4.78 is 5.92. The lowest BCUT2D eigenvalue weighted by Gasteiger charge is -2.30. The third kappa shape index (κ3) is 4.60. The number of ether oxygens (including phenoxy) is 1. The van der Waals surface area contributed by atoms with Gasteiger partial charge in [-0.1, -0.05) is 23.4 Å². The number of aromatic carboxylic acids is 1. The summed E-state index contributed by atoms with van der Waals surface area (Å²) in [7, 11) is 1.58. The second-order valence-corrected chi connectivity index (χ2v) is 8.87. The van der Waals surface area contributed by atoms with Crippen LogP contribution in [0.2, 0.25) is 5.02 Å². The molecule has 1 saturated heterocycles. The molecule has 1 amide bonds. The molecule has 1 aromatic heterocycles. The number of nitrogens with zero attached hydrogens (tertiary/aromatic N) is 2. The van der Waals surface area contributed by atoms with Crippen molar-refractivity contribution in [1.82, 2.24) is 9.88 Å². The molecule has 0 spiro atoms. The molecule has 2 aromatic rings. The Balaban J connectivity index is 1.66. The van der Waals surface area contributed by atoms with Gasteiger partial charge in [0.15, 0.2) is 10.0 Å². The molecule has 2 atom stereocenters. The van der Waals surface area contributed by atoms with Crippen molar-refractivity contribution >= 4 is 46.6 Å². The number of hydrogen-bond acceptors (Lipinski definition) is 7. The predicted molar refractivity (Wildman–Crippen MR) is 109 cm³/mol. The van der Waals surface area contributed by atoms with Crippen LogP contribution in [0.5, 0.6) is 5.75 Å². The standard InChI is InChI=1S/C18H20ClN3O4S2/c1-26-10-2-3-12(19)11(8-10)16(20)14-4-5-15(23)22(14)6-7-27-18-21-13(9-28-18)17(24)25/h2-3,8-9,14,16H,4-7,20H2,1H3,(H,24,25)/t14-,16?/m1/s1. The summed E-state index contributed by atoms with van der Waals surface area (Å²) in [6, 6.07) is 4.76. The van der Waals surface area contributed by atoms with Crippen LogP contribution in [0.25, 0.3) is 0 Å². The number of benzene rings is 1. The minimum Gasteiger partial charge on any atom is -0.497 e. The molecule has 1 fully saturated rings. The molecule has 0 radical (unpaired) electrons. The summed E-state index contributed by atoms with van der Waals surface area (Å²) in [5.41, 5.74) is 7.27. The molecule has 2 heterocycles. The highest BCUT2D eigenvalue weighted by molar-refractivity contribution is 8.01. The molecule has 0 bridgehead atoms. The molecule has 1 aliphatic heterocycles. The largest absolute Gasteiger partial charge is 0.497 e. The SMILES string of the molecule is COc1ccc(Cl)c(C(N)[C@H]2CCC(=O)N2CCSc2nc(C(=O)O)cs2)c1. The molecule has 3 rings (SSSR count). The Hall–Kier alpha value is -1.81. The predicted octanol–water partition coefficient (Wildman–Crippen LogP) is 3.29. The lowest BCUT2D eigenvalue weighted by atomic mass is 9.98. The van der Waals surface area contributed by atoms with Gasteiger partial charge in [0.1, 0.15) is 5.75 Å². The smallest absolute Gasteiger partial charge is 0.355 e. The fraction of sp³-hybridized carbons (Fsp3) is 0.389. The maximum atomic E-state index is 12.4. The number of carboxylic acids is 1. The van der Waals surface area contributed by atoms with Gasteiger partial charge >= 0.3 is 5.97 Å². The summed E-state index contributed by atoms with van der Waals surface area (Å²) in [4.78, 5) is 29.1. The van der Waals surface area contributed by atoms with E-state index in [0.29, 0.717) is 40.3 Å². The number of carboxylic acid groups (broad SMARTS) is 1. The third-order valence-corrected chi connectivity index (χ3v) is 6.96. The van der Waals surface area contributed by atoms with Crippen LogP contribution in [0, 0.1) is 0 Å². The Morgan fingerprint density at radius 1 is 1.57 bits per heavy atom. The van der Waals surface area contributed by atoms with Crippen LogP contribution in [-0.4, -0.2) is 52.3 Å². The minimum absolute atomic E-state index is 0.0392. The van der Waals surface area contributed by atoms with E-state index in [4.69, 9.17) is 27.2 Å². The number of aromatic nitrogens is 1. The Kier molecular flexibility index (Phi) is 6.82. The minimum atomic E-state index is -1.04. The van der Waals surface area contributed by atoms with Gasteiger partial charge < -0.3 is 20.5 Å². The average molecular weight is 442 g/mol. The lowest BCUT2D eigenvalue weighted by molar-refractivity contribution is -0.128. The number of halogens is 1. The highest BCUT2D eigenvalue weighted by Gasteiger charge is 2.36. The van der Waals surface area contributed by atoms with Crippen LogP contribution in [0.15, 0.2) is 27.9 Å². The lowest BCUT2D eigenvalue weighted by Crippen LogP contribution is -2.41. The van der Waals surface area contributed by atoms with E-state index in [1.165, 1.54) is 28.5 Å². The van der Waals surface area contributed by atoms with Crippen molar-refractivity contribution < 1.29 is 19.4 Å². The number of rotatable bonds is 8. The summed E-state index contributed by atoms with van der Waals surface area (Å²) in [5, 5.41) is 11.0. The zero-order valence-electron chi connectivity index (χ0n) is 15.1. The third-order valence-electron chi connectivity index (χ3n) is 4.61. The molecule has 0 aliphatic carbocycles. The van der Waals surface area contributed by atoms with Gasteiger partial charge in [-0.2, -0.15) is 0 Å². The van der Waals surface area contributed by atoms with Crippen molar-refractivity contribution in [3.8, 4) is 5.75 Å². The number of thioether (sulfide) groups is 1. The number of nitrogens with two attached hydrogens (primary N) is 1. The van der Waals surface area contributed by atoms with Crippen LogP contribution in [0.1, 0.15) is 34.9 Å². The van der Waals surface area contributed by atoms with Crippen LogP contribution in [-0.2, 0) is 4.79 Å². The van der Waals surface area contributed by atoms with Gasteiger partial charge in [-0.05, 0) is 30.2 Å². The normalized spacial score (nSPS) is 17.8. The van der Waals surface area contributed by atoms with Crippen LogP contribution in [0.4, 0.5) is 0 Å². The molecule has 150 valence electrons. The molecule has 1 unspecified atom stereocenters. The second-order valence-electron chi connectivity index (χ2n) is 6.26. The number of likely N-dealkylation sites (tertiary alicyclic amines) is 1. The van der Waals surface area contributed by atoms with Gasteiger partial charge in [0.25, 0.3) is 0 Å². The molecule has 10 heteroatoms. The summed E-state index contributed by atoms with van der Waals surface area (Å²) >= 11 is 9.04. The van der Waals surface area contributed by atoms with Crippen molar-refractivity contribution in [1.29, 1.82) is 0 Å². The average Bonchev–Trinajstić information content (AvgIpc) is 3.29. The van der Waals surface area contributed by atoms with Crippen molar-refractivity contribution in [2.75, 3.05) is 19.4 Å².